The molecule has 0 atom stereocenters. The van der Waals surface area contributed by atoms with Gasteiger partial charge in [0.2, 0.25) is 5.91 Å². The number of aromatic nitrogens is 3. The van der Waals surface area contributed by atoms with Crippen LogP contribution in [-0.4, -0.2) is 55.9 Å². The molecule has 1 aliphatic rings. The van der Waals surface area contributed by atoms with Crippen molar-refractivity contribution in [1.29, 1.82) is 0 Å². The molecule has 1 aromatic rings. The number of nitrogens with two attached hydrogens (primary N) is 1. The van der Waals surface area contributed by atoms with E-state index in [1.807, 2.05) is 4.57 Å². The Balaban J connectivity index is 0.000000246. The number of hydrogen-bond donors (Lipinski definition) is 2. The predicted molar refractivity (Wildman–Crippen MR) is 58.2 cm³/mol. The largest absolute Gasteiger partial charge is 0.490 e. The molecule has 0 aliphatic carbocycles. The Morgan fingerprint density at radius 1 is 1.40 bits per heavy atom. The number of carbonyl (C=O) groups excluding carboxylic acids is 1. The van der Waals surface area contributed by atoms with E-state index in [1.165, 1.54) is 0 Å². The molecule has 8 nitrogen and oxygen atoms in total. The van der Waals surface area contributed by atoms with E-state index < -0.39 is 12.1 Å². The second-order valence-corrected chi connectivity index (χ2v) is 3.76. The summed E-state index contributed by atoms with van der Waals surface area (Å²) in [6.07, 6.45) is -3.40. The van der Waals surface area contributed by atoms with E-state index in [4.69, 9.17) is 15.6 Å². The van der Waals surface area contributed by atoms with Crippen LogP contribution < -0.4 is 5.73 Å². The Labute approximate surface area is 111 Å². The molecule has 20 heavy (non-hydrogen) atoms. The van der Waals surface area contributed by atoms with Crippen molar-refractivity contribution < 1.29 is 27.9 Å². The predicted octanol–water partition coefficient (Wildman–Crippen LogP) is -0.788. The molecule has 2 heterocycles. The van der Waals surface area contributed by atoms with Crippen LogP contribution >= 0.6 is 0 Å². The normalized spacial score (nSPS) is 14.1. The number of amides is 1. The molecule has 1 aliphatic heterocycles. The van der Waals surface area contributed by atoms with E-state index in [2.05, 4.69) is 10.2 Å². The third-order valence-electron chi connectivity index (χ3n) is 2.41. The lowest BCUT2D eigenvalue weighted by Crippen LogP contribution is -2.41. The Morgan fingerprint density at radius 2 is 2.00 bits per heavy atom. The summed E-state index contributed by atoms with van der Waals surface area (Å²) in [6.45, 7) is 2.04. The van der Waals surface area contributed by atoms with E-state index in [0.717, 1.165) is 12.4 Å². The van der Waals surface area contributed by atoms with Crippen LogP contribution in [0.1, 0.15) is 5.82 Å². The number of fused-ring (bicyclic) bond motifs is 1. The Morgan fingerprint density at radius 3 is 2.50 bits per heavy atom. The highest BCUT2D eigenvalue weighted by atomic mass is 19.4. The molecule has 0 saturated carbocycles. The smallest absolute Gasteiger partial charge is 0.475 e. The average molecular weight is 295 g/mol. The molecule has 1 aromatic heterocycles. The van der Waals surface area contributed by atoms with Gasteiger partial charge in [-0.1, -0.05) is 0 Å². The van der Waals surface area contributed by atoms with E-state index >= 15 is 0 Å². The molecule has 0 unspecified atom stereocenters. The molecular formula is C9H12F3N5O3. The summed E-state index contributed by atoms with van der Waals surface area (Å²) >= 11 is 0. The summed E-state index contributed by atoms with van der Waals surface area (Å²) < 4.78 is 33.7. The molecule has 112 valence electrons. The monoisotopic (exact) mass is 295 g/mol. The van der Waals surface area contributed by atoms with Gasteiger partial charge in [-0.25, -0.2) is 4.79 Å². The van der Waals surface area contributed by atoms with E-state index in [1.54, 1.807) is 11.2 Å². The van der Waals surface area contributed by atoms with Gasteiger partial charge in [0.25, 0.3) is 0 Å². The maximum atomic E-state index is 11.2. The molecule has 0 aromatic carbocycles. The van der Waals surface area contributed by atoms with Gasteiger partial charge in [0.15, 0.2) is 5.82 Å². The zero-order valence-corrected chi connectivity index (χ0v) is 10.2. The fourth-order valence-corrected chi connectivity index (χ4v) is 1.41. The van der Waals surface area contributed by atoms with Crippen LogP contribution in [0.25, 0.3) is 0 Å². The molecule has 0 bridgehead atoms. The average Bonchev–Trinajstić information content (AvgIpc) is 2.84. The van der Waals surface area contributed by atoms with Crippen LogP contribution in [0, 0.1) is 0 Å². The zero-order valence-electron chi connectivity index (χ0n) is 10.2. The molecule has 1 amide bonds. The van der Waals surface area contributed by atoms with E-state index in [0.29, 0.717) is 13.1 Å². The lowest BCUT2D eigenvalue weighted by atomic mass is 10.3. The summed E-state index contributed by atoms with van der Waals surface area (Å²) in [5.41, 5.74) is 5.26. The lowest BCUT2D eigenvalue weighted by molar-refractivity contribution is -0.192. The standard InChI is InChI=1S/C7H11N5O.C2HF3O2/c8-3-7(13)11-1-2-12-5-9-10-6(12)4-11;3-2(4,5)1(6)7/h5H,1-4,8H2;(H,6,7). The number of alkyl halides is 3. The van der Waals surface area contributed by atoms with Crippen LogP contribution in [0.2, 0.25) is 0 Å². The second-order valence-electron chi connectivity index (χ2n) is 3.76. The quantitative estimate of drug-likeness (QED) is 0.702. The highest BCUT2D eigenvalue weighted by Crippen LogP contribution is 2.13. The highest BCUT2D eigenvalue weighted by molar-refractivity contribution is 5.78. The summed E-state index contributed by atoms with van der Waals surface area (Å²) in [5, 5.41) is 14.8. The fraction of sp³-hybridized carbons (Fsp3) is 0.556. The highest BCUT2D eigenvalue weighted by Gasteiger charge is 2.38. The molecule has 3 N–H and O–H groups in total. The van der Waals surface area contributed by atoms with Crippen molar-refractivity contribution >= 4 is 11.9 Å². The molecule has 0 saturated heterocycles. The molecule has 0 spiro atoms. The molecule has 11 heteroatoms. The number of aliphatic carboxylic acids is 1. The van der Waals surface area contributed by atoms with Crippen LogP contribution in [0.5, 0.6) is 0 Å². The van der Waals surface area contributed by atoms with Crippen molar-refractivity contribution in [2.45, 2.75) is 19.3 Å². The van der Waals surface area contributed by atoms with Gasteiger partial charge in [0.1, 0.15) is 6.33 Å². The molecular weight excluding hydrogens is 283 g/mol. The van der Waals surface area contributed by atoms with E-state index in [-0.39, 0.29) is 12.5 Å². The summed E-state index contributed by atoms with van der Waals surface area (Å²) in [4.78, 5) is 21.8. The molecule has 0 fully saturated rings. The topological polar surface area (TPSA) is 114 Å². The van der Waals surface area contributed by atoms with Gasteiger partial charge in [-0.15, -0.1) is 10.2 Å². The molecule has 2 rings (SSSR count). The minimum Gasteiger partial charge on any atom is -0.475 e. The first-order chi connectivity index (χ1) is 9.25. The van der Waals surface area contributed by atoms with Crippen molar-refractivity contribution in [2.75, 3.05) is 13.1 Å². The number of nitrogens with zero attached hydrogens (tertiary/aromatic N) is 4. The van der Waals surface area contributed by atoms with Crippen LogP contribution in [-0.2, 0) is 22.7 Å². The third kappa shape index (κ3) is 4.19. The fourth-order valence-electron chi connectivity index (χ4n) is 1.41. The number of hydrogen-bond acceptors (Lipinski definition) is 5. The summed E-state index contributed by atoms with van der Waals surface area (Å²) in [6, 6.07) is 0. The number of rotatable bonds is 1. The van der Waals surface area contributed by atoms with Gasteiger partial charge in [-0.05, 0) is 0 Å². The number of carboxylic acid groups (broad SMARTS) is 1. The minimum atomic E-state index is -5.08. The van der Waals surface area contributed by atoms with Gasteiger partial charge in [-0.2, -0.15) is 13.2 Å². The first-order valence-electron chi connectivity index (χ1n) is 5.40. The van der Waals surface area contributed by atoms with Crippen LogP contribution in [0.3, 0.4) is 0 Å². The second kappa shape index (κ2) is 6.32. The SMILES string of the molecule is NCC(=O)N1CCn2cnnc2C1.O=C(O)C(F)(F)F. The van der Waals surface area contributed by atoms with Gasteiger partial charge in [0, 0.05) is 13.1 Å². The van der Waals surface area contributed by atoms with Crippen molar-refractivity contribution in [3.05, 3.63) is 12.2 Å². The van der Waals surface area contributed by atoms with Crippen molar-refractivity contribution in [3.63, 3.8) is 0 Å². The summed E-state index contributed by atoms with van der Waals surface area (Å²) in [5.74, 6) is -1.96. The zero-order chi connectivity index (χ0) is 15.3. The van der Waals surface area contributed by atoms with E-state index in [9.17, 15) is 18.0 Å². The number of halogens is 3. The van der Waals surface area contributed by atoms with Crippen molar-refractivity contribution in [2.24, 2.45) is 5.73 Å². The van der Waals surface area contributed by atoms with Gasteiger partial charge < -0.3 is 20.3 Å². The Hall–Kier alpha value is -2.17. The van der Waals surface area contributed by atoms with Crippen LogP contribution in [0.15, 0.2) is 6.33 Å². The van der Waals surface area contributed by atoms with Gasteiger partial charge in [-0.3, -0.25) is 4.79 Å². The number of carboxylic acids is 1. The summed E-state index contributed by atoms with van der Waals surface area (Å²) in [7, 11) is 0. The van der Waals surface area contributed by atoms with Gasteiger partial charge in [0.05, 0.1) is 13.1 Å². The third-order valence-corrected chi connectivity index (χ3v) is 2.41. The molecule has 0 radical (unpaired) electrons. The van der Waals surface area contributed by atoms with Crippen molar-refractivity contribution in [1.82, 2.24) is 19.7 Å². The maximum Gasteiger partial charge on any atom is 0.490 e. The Kier molecular flexibility index (Phi) is 5.02. The lowest BCUT2D eigenvalue weighted by Gasteiger charge is -2.26. The van der Waals surface area contributed by atoms with Crippen LogP contribution in [0.4, 0.5) is 13.2 Å². The number of carbonyl (C=O) groups is 2. The minimum absolute atomic E-state index is 0.0331. The maximum absolute atomic E-state index is 11.2. The Bertz CT molecular complexity index is 487. The first kappa shape index (κ1) is 15.9. The first-order valence-corrected chi connectivity index (χ1v) is 5.40. The van der Waals surface area contributed by atoms with Gasteiger partial charge >= 0.3 is 12.1 Å². The van der Waals surface area contributed by atoms with Crippen molar-refractivity contribution in [3.8, 4) is 0 Å².